The van der Waals surface area contributed by atoms with Gasteiger partial charge < -0.3 is 9.47 Å². The highest BCUT2D eigenvalue weighted by molar-refractivity contribution is 6.37. The number of ether oxygens (including phenoxy) is 2. The Morgan fingerprint density at radius 1 is 0.489 bits per heavy atom. The van der Waals surface area contributed by atoms with Crippen molar-refractivity contribution in [3.63, 3.8) is 0 Å². The summed E-state index contributed by atoms with van der Waals surface area (Å²) in [4.78, 5) is 56.9. The Labute approximate surface area is 258 Å². The van der Waals surface area contributed by atoms with Crippen LogP contribution in [0, 0.1) is 0 Å². The van der Waals surface area contributed by atoms with E-state index in [4.69, 9.17) is 9.47 Å². The molecule has 5 heterocycles. The van der Waals surface area contributed by atoms with E-state index in [0.717, 1.165) is 20.9 Å². The minimum atomic E-state index is -0.566. The van der Waals surface area contributed by atoms with E-state index in [0.29, 0.717) is 11.5 Å². The molecule has 5 aliphatic rings. The van der Waals surface area contributed by atoms with Crippen LogP contribution in [-0.2, 0) is 5.41 Å². The average molecular weight is 593 g/mol. The summed E-state index contributed by atoms with van der Waals surface area (Å²) in [6, 6.07) is 31.3. The molecule has 0 spiro atoms. The Balaban J connectivity index is 1.30. The van der Waals surface area contributed by atoms with Crippen LogP contribution in [0.25, 0.3) is 0 Å². The van der Waals surface area contributed by atoms with E-state index in [1.807, 2.05) is 48.5 Å². The molecule has 8 heteroatoms. The molecule has 0 N–H and O–H groups in total. The molecule has 4 amide bonds. The van der Waals surface area contributed by atoms with Gasteiger partial charge >= 0.3 is 0 Å². The van der Waals surface area contributed by atoms with E-state index in [9.17, 15) is 19.2 Å². The third-order valence-electron chi connectivity index (χ3n) is 8.71. The van der Waals surface area contributed by atoms with E-state index in [1.165, 1.54) is 6.07 Å². The fourth-order valence-electron chi connectivity index (χ4n) is 6.22. The van der Waals surface area contributed by atoms with E-state index in [1.54, 1.807) is 54.6 Å². The lowest BCUT2D eigenvalue weighted by Crippen LogP contribution is -2.31. The molecule has 8 nitrogen and oxygen atoms in total. The lowest BCUT2D eigenvalue weighted by atomic mass is 9.78. The zero-order valence-corrected chi connectivity index (χ0v) is 24.2. The van der Waals surface area contributed by atoms with Gasteiger partial charge in [-0.2, -0.15) is 0 Å². The molecule has 0 unspecified atom stereocenters. The van der Waals surface area contributed by atoms with E-state index in [-0.39, 0.29) is 50.5 Å². The molecule has 0 saturated carbocycles. The Morgan fingerprint density at radius 3 is 1.31 bits per heavy atom. The molecule has 0 fully saturated rings. The van der Waals surface area contributed by atoms with Gasteiger partial charge in [0.1, 0.15) is 23.0 Å². The second-order valence-electron chi connectivity index (χ2n) is 11.6. The minimum absolute atomic E-state index is 0.141. The number of benzene rings is 5. The Hall–Kier alpha value is -6.02. The van der Waals surface area contributed by atoms with E-state index < -0.39 is 23.6 Å². The maximum atomic E-state index is 13.8. The summed E-state index contributed by atoms with van der Waals surface area (Å²) in [6.45, 7) is 4.22. The standard InChI is InChI=1S/C37H24N2O6/c1-37(2)21-12-16-25(17-13-21)44-29-10-4-8-27-31(29)35(42)38(33(27)40)23-6-3-7-24(20-23)39-34(41)28-9-5-11-30(32(28)36(39)43)45-26-18-14-22(37)15-19-26/h3-20H,1-2H3. The Kier molecular flexibility index (Phi) is 5.61. The molecule has 5 aromatic carbocycles. The van der Waals surface area contributed by atoms with Gasteiger partial charge in [-0.15, -0.1) is 0 Å². The number of hydrogen-bond donors (Lipinski definition) is 0. The first-order chi connectivity index (χ1) is 21.7. The van der Waals surface area contributed by atoms with Crippen LogP contribution < -0.4 is 19.3 Å². The molecule has 218 valence electrons. The summed E-state index contributed by atoms with van der Waals surface area (Å²) in [7, 11) is 0. The normalized spacial score (nSPS) is 16.0. The second kappa shape index (κ2) is 9.49. The number of hydrogen-bond acceptors (Lipinski definition) is 6. The van der Waals surface area contributed by atoms with Crippen molar-refractivity contribution >= 4 is 35.0 Å². The van der Waals surface area contributed by atoms with Crippen molar-refractivity contribution in [2.24, 2.45) is 0 Å². The first-order valence-electron chi connectivity index (χ1n) is 14.4. The molecule has 0 atom stereocenters. The summed E-state index contributed by atoms with van der Waals surface area (Å²) in [6.07, 6.45) is 0. The number of rotatable bonds is 0. The summed E-state index contributed by atoms with van der Waals surface area (Å²) in [5, 5.41) is 0. The predicted octanol–water partition coefficient (Wildman–Crippen LogP) is 7.51. The number of carbonyl (C=O) groups is 4. The van der Waals surface area contributed by atoms with Gasteiger partial charge in [0.05, 0.1) is 33.6 Å². The molecule has 10 rings (SSSR count). The van der Waals surface area contributed by atoms with Gasteiger partial charge in [-0.25, -0.2) is 9.80 Å². The number of amides is 4. The molecule has 0 saturated heterocycles. The highest BCUT2D eigenvalue weighted by atomic mass is 16.5. The molecule has 0 radical (unpaired) electrons. The molecule has 0 aromatic heterocycles. The van der Waals surface area contributed by atoms with Crippen molar-refractivity contribution in [3.05, 3.63) is 143 Å². The van der Waals surface area contributed by atoms with Crippen LogP contribution in [0.5, 0.6) is 23.0 Å². The highest BCUT2D eigenvalue weighted by Crippen LogP contribution is 2.41. The van der Waals surface area contributed by atoms with Gasteiger partial charge in [-0.05, 0) is 77.9 Å². The van der Waals surface area contributed by atoms with Gasteiger partial charge in [0.15, 0.2) is 0 Å². The molecule has 5 aromatic rings. The van der Waals surface area contributed by atoms with Crippen LogP contribution in [0.4, 0.5) is 11.4 Å². The summed E-state index contributed by atoms with van der Waals surface area (Å²) < 4.78 is 12.3. The van der Waals surface area contributed by atoms with Crippen molar-refractivity contribution in [1.82, 2.24) is 0 Å². The maximum absolute atomic E-state index is 13.8. The molecule has 10 bridgehead atoms. The van der Waals surface area contributed by atoms with Crippen molar-refractivity contribution in [3.8, 4) is 23.0 Å². The Bertz CT molecular complexity index is 1970. The smallest absolute Gasteiger partial charge is 0.269 e. The zero-order chi connectivity index (χ0) is 31.0. The number of carbonyl (C=O) groups excluding carboxylic acids is 4. The molecular weight excluding hydrogens is 568 g/mol. The van der Waals surface area contributed by atoms with Crippen molar-refractivity contribution in [2.45, 2.75) is 19.3 Å². The number of nitrogens with zero attached hydrogens (tertiary/aromatic N) is 2. The minimum Gasteiger partial charge on any atom is -0.457 e. The van der Waals surface area contributed by atoms with Crippen LogP contribution in [-0.4, -0.2) is 23.6 Å². The lowest BCUT2D eigenvalue weighted by Gasteiger charge is -2.26. The summed E-state index contributed by atoms with van der Waals surface area (Å²) >= 11 is 0. The number of imide groups is 2. The van der Waals surface area contributed by atoms with Crippen LogP contribution in [0.2, 0.25) is 0 Å². The van der Waals surface area contributed by atoms with Gasteiger partial charge in [-0.1, -0.05) is 56.3 Å². The number of fused-ring (bicyclic) bond motifs is 2. The highest BCUT2D eigenvalue weighted by Gasteiger charge is 2.42. The van der Waals surface area contributed by atoms with Gasteiger partial charge in [0, 0.05) is 5.41 Å². The fraction of sp³-hybridized carbons (Fsp3) is 0.0811. The van der Waals surface area contributed by atoms with Crippen molar-refractivity contribution in [2.75, 3.05) is 9.80 Å². The zero-order valence-electron chi connectivity index (χ0n) is 24.2. The predicted molar refractivity (Wildman–Crippen MR) is 167 cm³/mol. The lowest BCUT2D eigenvalue weighted by molar-refractivity contribution is 0.0911. The molecule has 0 aliphatic carbocycles. The van der Waals surface area contributed by atoms with Crippen LogP contribution in [0.15, 0.2) is 109 Å². The van der Waals surface area contributed by atoms with Crippen LogP contribution in [0.3, 0.4) is 0 Å². The summed E-state index contributed by atoms with van der Waals surface area (Å²) in [5.41, 5.74) is 2.80. The van der Waals surface area contributed by atoms with Crippen LogP contribution >= 0.6 is 0 Å². The van der Waals surface area contributed by atoms with Crippen molar-refractivity contribution in [1.29, 1.82) is 0 Å². The van der Waals surface area contributed by atoms with Gasteiger partial charge in [0.2, 0.25) is 0 Å². The van der Waals surface area contributed by atoms with Crippen molar-refractivity contribution < 1.29 is 28.7 Å². The monoisotopic (exact) mass is 592 g/mol. The quantitative estimate of drug-likeness (QED) is 0.173. The van der Waals surface area contributed by atoms with Crippen LogP contribution in [0.1, 0.15) is 66.4 Å². The first-order valence-corrected chi connectivity index (χ1v) is 14.4. The first kappa shape index (κ1) is 26.6. The van der Waals surface area contributed by atoms with Gasteiger partial charge in [0.25, 0.3) is 23.6 Å². The Morgan fingerprint density at radius 2 is 0.889 bits per heavy atom. The number of anilines is 2. The molecule has 5 aliphatic heterocycles. The largest absolute Gasteiger partial charge is 0.457 e. The molecular formula is C37H24N2O6. The summed E-state index contributed by atoms with van der Waals surface area (Å²) in [5.74, 6) is -0.667. The van der Waals surface area contributed by atoms with Gasteiger partial charge in [-0.3, -0.25) is 19.2 Å². The molecule has 45 heavy (non-hydrogen) atoms. The average Bonchev–Trinajstić information content (AvgIpc) is 3.46. The topological polar surface area (TPSA) is 93.2 Å². The fourth-order valence-corrected chi connectivity index (χ4v) is 6.22. The SMILES string of the molecule is CC1(C)c2ccc(cc2)Oc2cccc3c2C(=O)N(C3=O)c2cccc(c2)N2C(=O)c3cccc(c3C2=O)Oc2ccc1cc2. The second-order valence-corrected chi connectivity index (χ2v) is 11.6. The van der Waals surface area contributed by atoms with E-state index >= 15 is 0 Å². The third-order valence-corrected chi connectivity index (χ3v) is 8.71. The van der Waals surface area contributed by atoms with E-state index in [2.05, 4.69) is 13.8 Å². The maximum Gasteiger partial charge on any atom is 0.269 e. The third kappa shape index (κ3) is 3.92.